The van der Waals surface area contributed by atoms with Crippen LogP contribution < -0.4 is 0 Å². The number of hydrogen-bond donors (Lipinski definition) is 0. The Labute approximate surface area is 152 Å². The van der Waals surface area contributed by atoms with Crippen molar-refractivity contribution in [2.45, 2.75) is 84.6 Å². The number of rotatable bonds is 11. The molecule has 0 aliphatic carbocycles. The SMILES string of the molecule is Br.CCCCCCCCCCCCn1c(C)nc2ccccc21. The average molecular weight is 381 g/mol. The van der Waals surface area contributed by atoms with E-state index in [0.29, 0.717) is 0 Å². The van der Waals surface area contributed by atoms with Crippen LogP contribution in [-0.4, -0.2) is 9.55 Å². The van der Waals surface area contributed by atoms with Gasteiger partial charge in [-0.3, -0.25) is 0 Å². The van der Waals surface area contributed by atoms with Crippen LogP contribution in [0.2, 0.25) is 0 Å². The van der Waals surface area contributed by atoms with E-state index in [9.17, 15) is 0 Å². The molecule has 0 saturated carbocycles. The lowest BCUT2D eigenvalue weighted by molar-refractivity contribution is 0.535. The molecule has 0 atom stereocenters. The molecule has 1 aromatic heterocycles. The summed E-state index contributed by atoms with van der Waals surface area (Å²) >= 11 is 0. The fourth-order valence-corrected chi connectivity index (χ4v) is 3.24. The van der Waals surface area contributed by atoms with Crippen molar-refractivity contribution in [2.24, 2.45) is 0 Å². The van der Waals surface area contributed by atoms with Crippen molar-refractivity contribution in [2.75, 3.05) is 0 Å². The van der Waals surface area contributed by atoms with E-state index in [1.807, 2.05) is 0 Å². The second-order valence-corrected chi connectivity index (χ2v) is 6.48. The molecule has 2 rings (SSSR count). The second kappa shape index (κ2) is 11.7. The van der Waals surface area contributed by atoms with Gasteiger partial charge in [0.05, 0.1) is 11.0 Å². The van der Waals surface area contributed by atoms with Crippen molar-refractivity contribution in [3.63, 3.8) is 0 Å². The Balaban J connectivity index is 0.00000264. The number of imidazole rings is 1. The van der Waals surface area contributed by atoms with Gasteiger partial charge in [-0.15, -0.1) is 17.0 Å². The number of fused-ring (bicyclic) bond motifs is 1. The van der Waals surface area contributed by atoms with Crippen LogP contribution in [0.1, 0.15) is 77.0 Å². The number of hydrogen-bond acceptors (Lipinski definition) is 1. The highest BCUT2D eigenvalue weighted by molar-refractivity contribution is 8.93. The molecule has 0 fully saturated rings. The van der Waals surface area contributed by atoms with Crippen molar-refractivity contribution in [3.8, 4) is 0 Å². The second-order valence-electron chi connectivity index (χ2n) is 6.48. The predicted octanol–water partition coefficient (Wildman–Crippen LogP) is 6.84. The monoisotopic (exact) mass is 380 g/mol. The standard InChI is InChI=1S/C20H32N2.BrH/c1-3-4-5-6-7-8-9-10-11-14-17-22-18(2)21-19-15-12-13-16-20(19)22;/h12-13,15-16H,3-11,14,17H2,1-2H3;1H. The first-order valence-corrected chi connectivity index (χ1v) is 9.25. The quantitative estimate of drug-likeness (QED) is 0.390. The summed E-state index contributed by atoms with van der Waals surface area (Å²) in [4.78, 5) is 4.64. The van der Waals surface area contributed by atoms with Crippen LogP contribution in [-0.2, 0) is 6.54 Å². The third-order valence-electron chi connectivity index (χ3n) is 4.58. The number of benzene rings is 1. The van der Waals surface area contributed by atoms with Crippen LogP contribution in [0, 0.1) is 6.92 Å². The first-order valence-electron chi connectivity index (χ1n) is 9.25. The van der Waals surface area contributed by atoms with Gasteiger partial charge in [0.1, 0.15) is 5.82 Å². The largest absolute Gasteiger partial charge is 0.328 e. The van der Waals surface area contributed by atoms with Gasteiger partial charge in [0.25, 0.3) is 0 Å². The van der Waals surface area contributed by atoms with E-state index in [1.54, 1.807) is 0 Å². The maximum absolute atomic E-state index is 4.64. The molecule has 0 spiro atoms. The Kier molecular flexibility index (Phi) is 10.3. The lowest BCUT2D eigenvalue weighted by atomic mass is 10.1. The number of aromatic nitrogens is 2. The third-order valence-corrected chi connectivity index (χ3v) is 4.58. The van der Waals surface area contributed by atoms with Gasteiger partial charge in [-0.2, -0.15) is 0 Å². The molecule has 2 aromatic rings. The van der Waals surface area contributed by atoms with Crippen LogP contribution in [0.25, 0.3) is 11.0 Å². The number of para-hydroxylation sites is 2. The molecule has 1 heterocycles. The molecular weight excluding hydrogens is 348 g/mol. The summed E-state index contributed by atoms with van der Waals surface area (Å²) in [5.41, 5.74) is 2.42. The van der Waals surface area contributed by atoms with Crippen LogP contribution >= 0.6 is 17.0 Å². The summed E-state index contributed by atoms with van der Waals surface area (Å²) in [5, 5.41) is 0. The molecule has 0 aliphatic heterocycles. The minimum atomic E-state index is 0. The highest BCUT2D eigenvalue weighted by Crippen LogP contribution is 2.17. The van der Waals surface area contributed by atoms with Crippen LogP contribution in [0.3, 0.4) is 0 Å². The Morgan fingerprint density at radius 1 is 0.826 bits per heavy atom. The number of aryl methyl sites for hydroxylation is 2. The first-order chi connectivity index (χ1) is 10.8. The summed E-state index contributed by atoms with van der Waals surface area (Å²) in [6.45, 7) is 5.52. The summed E-state index contributed by atoms with van der Waals surface area (Å²) in [7, 11) is 0. The average Bonchev–Trinajstić information content (AvgIpc) is 2.85. The molecule has 130 valence electrons. The maximum atomic E-state index is 4.64. The molecular formula is C20H33BrN2. The summed E-state index contributed by atoms with van der Waals surface area (Å²) in [5.74, 6) is 1.15. The normalized spacial score (nSPS) is 10.9. The van der Waals surface area contributed by atoms with E-state index in [-0.39, 0.29) is 17.0 Å². The lowest BCUT2D eigenvalue weighted by Crippen LogP contribution is -2.00. The van der Waals surface area contributed by atoms with Crippen LogP contribution in [0.4, 0.5) is 0 Å². The van der Waals surface area contributed by atoms with E-state index < -0.39 is 0 Å². The summed E-state index contributed by atoms with van der Waals surface area (Å²) in [6, 6.07) is 8.47. The Morgan fingerprint density at radius 3 is 2.04 bits per heavy atom. The summed E-state index contributed by atoms with van der Waals surface area (Å²) < 4.78 is 2.38. The van der Waals surface area contributed by atoms with E-state index in [0.717, 1.165) is 17.9 Å². The zero-order chi connectivity index (χ0) is 15.6. The van der Waals surface area contributed by atoms with Gasteiger partial charge in [0.15, 0.2) is 0 Å². The van der Waals surface area contributed by atoms with Crippen LogP contribution in [0.5, 0.6) is 0 Å². The topological polar surface area (TPSA) is 17.8 Å². The Bertz CT molecular complexity index is 548. The Morgan fingerprint density at radius 2 is 1.39 bits per heavy atom. The van der Waals surface area contributed by atoms with Crippen molar-refractivity contribution in [1.82, 2.24) is 9.55 Å². The third kappa shape index (κ3) is 6.66. The zero-order valence-electron chi connectivity index (χ0n) is 14.9. The van der Waals surface area contributed by atoms with Crippen LogP contribution in [0.15, 0.2) is 24.3 Å². The maximum Gasteiger partial charge on any atom is 0.106 e. The molecule has 23 heavy (non-hydrogen) atoms. The number of nitrogens with zero attached hydrogens (tertiary/aromatic N) is 2. The van der Waals surface area contributed by atoms with Gasteiger partial charge in [-0.1, -0.05) is 76.8 Å². The molecule has 0 aliphatic rings. The highest BCUT2D eigenvalue weighted by atomic mass is 79.9. The van der Waals surface area contributed by atoms with Crippen molar-refractivity contribution in [3.05, 3.63) is 30.1 Å². The van der Waals surface area contributed by atoms with Gasteiger partial charge >= 0.3 is 0 Å². The fourth-order valence-electron chi connectivity index (χ4n) is 3.24. The van der Waals surface area contributed by atoms with Crippen molar-refractivity contribution >= 4 is 28.0 Å². The molecule has 0 N–H and O–H groups in total. The molecule has 0 amide bonds. The highest BCUT2D eigenvalue weighted by Gasteiger charge is 2.05. The molecule has 0 unspecified atom stereocenters. The van der Waals surface area contributed by atoms with Gasteiger partial charge in [0, 0.05) is 6.54 Å². The zero-order valence-corrected chi connectivity index (χ0v) is 16.6. The molecule has 0 saturated heterocycles. The van der Waals surface area contributed by atoms with E-state index in [1.165, 1.54) is 69.7 Å². The van der Waals surface area contributed by atoms with E-state index in [4.69, 9.17) is 0 Å². The van der Waals surface area contributed by atoms with Gasteiger partial charge in [0.2, 0.25) is 0 Å². The first kappa shape index (κ1) is 20.2. The fraction of sp³-hybridized carbons (Fsp3) is 0.650. The molecule has 2 nitrogen and oxygen atoms in total. The smallest absolute Gasteiger partial charge is 0.106 e. The predicted molar refractivity (Wildman–Crippen MR) is 107 cm³/mol. The van der Waals surface area contributed by atoms with Gasteiger partial charge in [-0.05, 0) is 25.5 Å². The van der Waals surface area contributed by atoms with Gasteiger partial charge in [-0.25, -0.2) is 4.98 Å². The lowest BCUT2D eigenvalue weighted by Gasteiger charge is -2.07. The van der Waals surface area contributed by atoms with E-state index >= 15 is 0 Å². The molecule has 3 heteroatoms. The van der Waals surface area contributed by atoms with Crippen molar-refractivity contribution < 1.29 is 0 Å². The molecule has 0 bridgehead atoms. The van der Waals surface area contributed by atoms with Crippen molar-refractivity contribution in [1.29, 1.82) is 0 Å². The number of halogens is 1. The Hall–Kier alpha value is -0.830. The summed E-state index contributed by atoms with van der Waals surface area (Å²) in [6.07, 6.45) is 13.9. The number of unbranched alkanes of at least 4 members (excludes halogenated alkanes) is 9. The molecule has 0 radical (unpaired) electrons. The minimum absolute atomic E-state index is 0. The minimum Gasteiger partial charge on any atom is -0.328 e. The molecule has 1 aromatic carbocycles. The van der Waals surface area contributed by atoms with E-state index in [2.05, 4.69) is 47.7 Å². The van der Waals surface area contributed by atoms with Gasteiger partial charge < -0.3 is 4.57 Å².